The highest BCUT2D eigenvalue weighted by Gasteiger charge is 2.21. The first kappa shape index (κ1) is 34.9. The molecule has 4 nitrogen and oxygen atoms in total. The zero-order valence-corrected chi connectivity index (χ0v) is 24.9. The van der Waals surface area contributed by atoms with Crippen molar-refractivity contribution in [3.05, 3.63) is 0 Å². The topological polar surface area (TPSA) is 58.2 Å². The highest BCUT2D eigenvalue weighted by molar-refractivity contribution is 5.87. The van der Waals surface area contributed by atoms with Crippen LogP contribution in [0.2, 0.25) is 0 Å². The molecule has 0 bridgehead atoms. The molecule has 0 aliphatic carbocycles. The predicted molar refractivity (Wildman–Crippen MR) is 157 cm³/mol. The molecule has 0 aromatic rings. The quantitative estimate of drug-likeness (QED) is 0.109. The number of carbonyl (C=O) groups is 2. The van der Waals surface area contributed by atoms with Gasteiger partial charge in [-0.2, -0.15) is 0 Å². The van der Waals surface area contributed by atoms with Gasteiger partial charge in [0.25, 0.3) is 0 Å². The minimum Gasteiger partial charge on any atom is -0.354 e. The van der Waals surface area contributed by atoms with Crippen LogP contribution in [0.5, 0.6) is 0 Å². The molecule has 0 aromatic carbocycles. The van der Waals surface area contributed by atoms with Crippen LogP contribution in [0.25, 0.3) is 0 Å². The highest BCUT2D eigenvalue weighted by atomic mass is 16.2. The van der Waals surface area contributed by atoms with Crippen molar-refractivity contribution in [1.82, 2.24) is 10.6 Å². The average Bonchev–Trinajstić information content (AvgIpc) is 2.85. The maximum absolute atomic E-state index is 12.6. The van der Waals surface area contributed by atoms with E-state index < -0.39 is 6.04 Å². The van der Waals surface area contributed by atoms with Crippen molar-refractivity contribution in [3.63, 3.8) is 0 Å². The van der Waals surface area contributed by atoms with Crippen LogP contribution in [0.15, 0.2) is 0 Å². The lowest BCUT2D eigenvalue weighted by Crippen LogP contribution is -2.47. The number of hydrogen-bond acceptors (Lipinski definition) is 2. The summed E-state index contributed by atoms with van der Waals surface area (Å²) in [5.41, 5.74) is 0. The number of rotatable bonds is 27. The van der Waals surface area contributed by atoms with Crippen molar-refractivity contribution in [2.24, 2.45) is 5.92 Å². The Morgan fingerprint density at radius 3 is 1.36 bits per heavy atom. The molecular weight excluding hydrogens is 444 g/mol. The standard InChI is InChI=1S/C32H64N2O2/c1-5-7-9-11-13-14-15-16-17-18-19-20-21-22-24-26-31(35)34-30(28-29(3)4)32(36)33-27-25-23-12-10-8-6-2/h29-30H,5-28H2,1-4H3,(H,33,36)(H,34,35)/t30-/m0/s1. The largest absolute Gasteiger partial charge is 0.354 e. The van der Waals surface area contributed by atoms with Gasteiger partial charge in [0.2, 0.25) is 11.8 Å². The summed E-state index contributed by atoms with van der Waals surface area (Å²) in [6.45, 7) is 9.43. The van der Waals surface area contributed by atoms with Crippen LogP contribution in [-0.4, -0.2) is 24.4 Å². The summed E-state index contributed by atoms with van der Waals surface area (Å²) >= 11 is 0. The summed E-state index contributed by atoms with van der Waals surface area (Å²) in [5, 5.41) is 6.07. The monoisotopic (exact) mass is 508 g/mol. The van der Waals surface area contributed by atoms with Crippen LogP contribution in [0.1, 0.15) is 175 Å². The van der Waals surface area contributed by atoms with E-state index >= 15 is 0 Å². The smallest absolute Gasteiger partial charge is 0.242 e. The minimum atomic E-state index is -0.395. The SMILES string of the molecule is CCCCCCCCCCCCCCCCCC(=O)N[C@@H](CC(C)C)C(=O)NCCCCCCCC. The third kappa shape index (κ3) is 24.6. The molecule has 0 saturated carbocycles. The fourth-order valence-corrected chi connectivity index (χ4v) is 4.87. The molecule has 0 rings (SSSR count). The first-order chi connectivity index (χ1) is 17.5. The van der Waals surface area contributed by atoms with Crippen molar-refractivity contribution in [2.75, 3.05) is 6.54 Å². The Labute approximate surface area is 225 Å². The summed E-state index contributed by atoms with van der Waals surface area (Å²) in [6, 6.07) is -0.395. The zero-order chi connectivity index (χ0) is 26.7. The fraction of sp³-hybridized carbons (Fsp3) is 0.938. The van der Waals surface area contributed by atoms with Gasteiger partial charge in [-0.3, -0.25) is 9.59 Å². The molecule has 0 spiro atoms. The van der Waals surface area contributed by atoms with Gasteiger partial charge in [-0.25, -0.2) is 0 Å². The number of carbonyl (C=O) groups excluding carboxylic acids is 2. The lowest BCUT2D eigenvalue weighted by Gasteiger charge is -2.20. The van der Waals surface area contributed by atoms with Gasteiger partial charge in [-0.15, -0.1) is 0 Å². The van der Waals surface area contributed by atoms with Gasteiger partial charge < -0.3 is 10.6 Å². The van der Waals surface area contributed by atoms with Gasteiger partial charge in [0.05, 0.1) is 0 Å². The fourth-order valence-electron chi connectivity index (χ4n) is 4.87. The van der Waals surface area contributed by atoms with E-state index in [-0.39, 0.29) is 11.8 Å². The molecule has 2 amide bonds. The second-order valence-corrected chi connectivity index (χ2v) is 11.5. The molecule has 0 unspecified atom stereocenters. The van der Waals surface area contributed by atoms with Gasteiger partial charge >= 0.3 is 0 Å². The van der Waals surface area contributed by atoms with Crippen molar-refractivity contribution in [2.45, 2.75) is 181 Å². The Balaban J connectivity index is 3.76. The molecule has 0 aliphatic rings. The molecule has 4 heteroatoms. The molecule has 0 heterocycles. The van der Waals surface area contributed by atoms with E-state index in [1.54, 1.807) is 0 Å². The summed E-state index contributed by atoms with van der Waals surface area (Å²) in [5.74, 6) is 0.396. The summed E-state index contributed by atoms with van der Waals surface area (Å²) in [6.07, 6.45) is 28.4. The van der Waals surface area contributed by atoms with E-state index in [0.29, 0.717) is 25.3 Å². The Bertz CT molecular complexity index is 493. The van der Waals surface area contributed by atoms with E-state index in [1.807, 2.05) is 0 Å². The molecule has 1 atom stereocenters. The van der Waals surface area contributed by atoms with Gasteiger partial charge in [0.1, 0.15) is 6.04 Å². The van der Waals surface area contributed by atoms with Crippen LogP contribution >= 0.6 is 0 Å². The molecule has 0 fully saturated rings. The van der Waals surface area contributed by atoms with Crippen LogP contribution < -0.4 is 10.6 Å². The Kier molecular flexibility index (Phi) is 26.2. The third-order valence-corrected chi connectivity index (χ3v) is 7.20. The summed E-state index contributed by atoms with van der Waals surface area (Å²) < 4.78 is 0. The van der Waals surface area contributed by atoms with E-state index in [0.717, 1.165) is 19.3 Å². The number of amides is 2. The Morgan fingerprint density at radius 1 is 0.556 bits per heavy atom. The van der Waals surface area contributed by atoms with Crippen LogP contribution in [0, 0.1) is 5.92 Å². The second-order valence-electron chi connectivity index (χ2n) is 11.5. The van der Waals surface area contributed by atoms with Crippen molar-refractivity contribution in [1.29, 1.82) is 0 Å². The van der Waals surface area contributed by atoms with Crippen LogP contribution in [-0.2, 0) is 9.59 Å². The van der Waals surface area contributed by atoms with Crippen molar-refractivity contribution in [3.8, 4) is 0 Å². The van der Waals surface area contributed by atoms with E-state index in [4.69, 9.17) is 0 Å². The first-order valence-corrected chi connectivity index (χ1v) is 16.1. The minimum absolute atomic E-state index is 0.0119. The molecule has 36 heavy (non-hydrogen) atoms. The summed E-state index contributed by atoms with van der Waals surface area (Å²) in [4.78, 5) is 25.1. The predicted octanol–water partition coefficient (Wildman–Crippen LogP) is 9.26. The van der Waals surface area contributed by atoms with E-state index in [9.17, 15) is 9.59 Å². The third-order valence-electron chi connectivity index (χ3n) is 7.20. The molecule has 0 aromatic heterocycles. The van der Waals surface area contributed by atoms with Gasteiger partial charge in [0.15, 0.2) is 0 Å². The van der Waals surface area contributed by atoms with E-state index in [1.165, 1.54) is 116 Å². The zero-order valence-electron chi connectivity index (χ0n) is 24.9. The first-order valence-electron chi connectivity index (χ1n) is 16.1. The Hall–Kier alpha value is -1.06. The van der Waals surface area contributed by atoms with Gasteiger partial charge in [-0.05, 0) is 25.2 Å². The van der Waals surface area contributed by atoms with Crippen molar-refractivity contribution >= 4 is 11.8 Å². The molecule has 0 radical (unpaired) electrons. The maximum Gasteiger partial charge on any atom is 0.242 e. The molecule has 0 aliphatic heterocycles. The lowest BCUT2D eigenvalue weighted by molar-refractivity contribution is -0.129. The number of hydrogen-bond donors (Lipinski definition) is 2. The van der Waals surface area contributed by atoms with Crippen molar-refractivity contribution < 1.29 is 9.59 Å². The van der Waals surface area contributed by atoms with Crippen LogP contribution in [0.3, 0.4) is 0 Å². The van der Waals surface area contributed by atoms with E-state index in [2.05, 4.69) is 38.3 Å². The number of unbranched alkanes of at least 4 members (excludes halogenated alkanes) is 19. The lowest BCUT2D eigenvalue weighted by atomic mass is 10.0. The molecule has 214 valence electrons. The molecule has 2 N–H and O–H groups in total. The molecular formula is C32H64N2O2. The highest BCUT2D eigenvalue weighted by Crippen LogP contribution is 2.14. The number of nitrogens with one attached hydrogen (secondary N) is 2. The average molecular weight is 509 g/mol. The summed E-state index contributed by atoms with van der Waals surface area (Å²) in [7, 11) is 0. The normalized spacial score (nSPS) is 12.1. The van der Waals surface area contributed by atoms with Gasteiger partial charge in [0, 0.05) is 13.0 Å². The maximum atomic E-state index is 12.6. The van der Waals surface area contributed by atoms with Crippen LogP contribution in [0.4, 0.5) is 0 Å². The Morgan fingerprint density at radius 2 is 0.944 bits per heavy atom. The molecule has 0 saturated heterocycles. The second kappa shape index (κ2) is 27.0. The van der Waals surface area contributed by atoms with Gasteiger partial charge in [-0.1, -0.05) is 150 Å².